The van der Waals surface area contributed by atoms with E-state index in [0.29, 0.717) is 11.3 Å². The van der Waals surface area contributed by atoms with E-state index in [2.05, 4.69) is 20.7 Å². The van der Waals surface area contributed by atoms with E-state index in [0.717, 1.165) is 6.26 Å². The first-order valence-corrected chi connectivity index (χ1v) is 8.61. The third-order valence-corrected chi connectivity index (χ3v) is 4.12. The lowest BCUT2D eigenvalue weighted by Crippen LogP contribution is -2.11. The van der Waals surface area contributed by atoms with Crippen molar-refractivity contribution < 1.29 is 22.2 Å². The predicted octanol–water partition coefficient (Wildman–Crippen LogP) is 1.69. The zero-order chi connectivity index (χ0) is 17.3. The summed E-state index contributed by atoms with van der Waals surface area (Å²) in [6, 6.07) is 7.37. The maximum absolute atomic E-state index is 11.9. The van der Waals surface area contributed by atoms with Crippen LogP contribution in [0.2, 0.25) is 0 Å². The Balaban J connectivity index is 1.82. The van der Waals surface area contributed by atoms with Gasteiger partial charge in [0.1, 0.15) is 0 Å². The van der Waals surface area contributed by atoms with Gasteiger partial charge in [0.15, 0.2) is 9.84 Å². The molecule has 0 aliphatic rings. The number of benzene rings is 1. The van der Waals surface area contributed by atoms with Crippen molar-refractivity contribution >= 4 is 21.8 Å². The fourth-order valence-corrected chi connectivity index (χ4v) is 2.55. The molecule has 9 nitrogen and oxygen atoms in total. The molecule has 0 aliphatic heterocycles. The van der Waals surface area contributed by atoms with Gasteiger partial charge >= 0.3 is 6.01 Å². The fourth-order valence-electron chi connectivity index (χ4n) is 1.88. The summed E-state index contributed by atoms with van der Waals surface area (Å²) in [5.41, 5.74) is 0.977. The van der Waals surface area contributed by atoms with Crippen LogP contribution in [-0.4, -0.2) is 35.9 Å². The number of aryl methyl sites for hydroxylation is 1. The van der Waals surface area contributed by atoms with Crippen LogP contribution < -0.4 is 5.32 Å². The van der Waals surface area contributed by atoms with Crippen molar-refractivity contribution in [3.05, 3.63) is 41.8 Å². The Hall–Kier alpha value is -3.01. The van der Waals surface area contributed by atoms with Crippen LogP contribution in [0.25, 0.3) is 11.5 Å². The maximum atomic E-state index is 11.9. The van der Waals surface area contributed by atoms with E-state index in [1.807, 2.05) is 0 Å². The molecule has 0 spiro atoms. The molecule has 124 valence electrons. The number of sulfone groups is 1. The average molecular weight is 348 g/mol. The normalized spacial score (nSPS) is 11.4. The summed E-state index contributed by atoms with van der Waals surface area (Å²) in [4.78, 5) is 12.0. The van der Waals surface area contributed by atoms with Gasteiger partial charge in [-0.25, -0.2) is 8.42 Å². The van der Waals surface area contributed by atoms with Crippen LogP contribution in [0.3, 0.4) is 0 Å². The number of rotatable bonds is 4. The summed E-state index contributed by atoms with van der Waals surface area (Å²) in [5.74, 6) is -0.508. The highest BCUT2D eigenvalue weighted by molar-refractivity contribution is 7.90. The first kappa shape index (κ1) is 15.9. The van der Waals surface area contributed by atoms with E-state index in [1.54, 1.807) is 19.1 Å². The first-order chi connectivity index (χ1) is 11.3. The summed E-state index contributed by atoms with van der Waals surface area (Å²) in [5, 5.41) is 13.5. The molecule has 0 unspecified atom stereocenters. The molecule has 2 heterocycles. The Labute approximate surface area is 136 Å². The van der Waals surface area contributed by atoms with Crippen molar-refractivity contribution in [3.63, 3.8) is 0 Å². The van der Waals surface area contributed by atoms with Crippen LogP contribution in [0.5, 0.6) is 0 Å². The number of amides is 1. The molecule has 24 heavy (non-hydrogen) atoms. The summed E-state index contributed by atoms with van der Waals surface area (Å²) in [6.45, 7) is 1.68. The van der Waals surface area contributed by atoms with Gasteiger partial charge in [-0.2, -0.15) is 0 Å². The second-order valence-electron chi connectivity index (χ2n) is 5.00. The summed E-state index contributed by atoms with van der Waals surface area (Å²) in [6.07, 6.45) is 1.10. The quantitative estimate of drug-likeness (QED) is 0.754. The highest BCUT2D eigenvalue weighted by atomic mass is 32.2. The monoisotopic (exact) mass is 348 g/mol. The van der Waals surface area contributed by atoms with Crippen molar-refractivity contribution in [2.45, 2.75) is 11.8 Å². The van der Waals surface area contributed by atoms with E-state index in [9.17, 15) is 13.2 Å². The molecule has 3 aromatic rings. The fraction of sp³-hybridized carbons (Fsp3) is 0.143. The topological polar surface area (TPSA) is 128 Å². The molecule has 2 aromatic heterocycles. The van der Waals surface area contributed by atoms with Gasteiger partial charge in [0, 0.05) is 17.9 Å². The van der Waals surface area contributed by atoms with Crippen LogP contribution in [0.15, 0.2) is 44.2 Å². The van der Waals surface area contributed by atoms with Gasteiger partial charge < -0.3 is 8.94 Å². The van der Waals surface area contributed by atoms with E-state index in [4.69, 9.17) is 8.94 Å². The average Bonchev–Trinajstić information content (AvgIpc) is 3.16. The minimum Gasteiger partial charge on any atom is -0.403 e. The number of carbonyl (C=O) groups is 1. The number of nitrogens with one attached hydrogen (secondary N) is 1. The Morgan fingerprint density at radius 3 is 2.67 bits per heavy atom. The molecule has 0 atom stereocenters. The lowest BCUT2D eigenvalue weighted by atomic mass is 10.2. The van der Waals surface area contributed by atoms with Gasteiger partial charge in [0.05, 0.1) is 10.6 Å². The van der Waals surface area contributed by atoms with Crippen molar-refractivity contribution in [1.82, 2.24) is 15.4 Å². The van der Waals surface area contributed by atoms with Crippen LogP contribution >= 0.6 is 0 Å². The lowest BCUT2D eigenvalue weighted by molar-refractivity contribution is 0.0985. The number of aromatic nitrogens is 3. The Morgan fingerprint density at radius 2 is 2.00 bits per heavy atom. The molecular weight excluding hydrogens is 336 g/mol. The molecule has 0 aliphatic carbocycles. The lowest BCUT2D eigenvalue weighted by Gasteiger charge is -2.00. The molecule has 1 aromatic carbocycles. The molecule has 0 fully saturated rings. The summed E-state index contributed by atoms with van der Waals surface area (Å²) < 4.78 is 33.3. The van der Waals surface area contributed by atoms with E-state index < -0.39 is 15.7 Å². The van der Waals surface area contributed by atoms with Gasteiger partial charge in [0.2, 0.25) is 11.7 Å². The number of anilines is 1. The number of hydrogen-bond acceptors (Lipinski definition) is 8. The van der Waals surface area contributed by atoms with Gasteiger partial charge in [-0.05, 0) is 25.1 Å². The second-order valence-corrected chi connectivity index (χ2v) is 7.01. The van der Waals surface area contributed by atoms with Crippen LogP contribution in [0.1, 0.15) is 16.2 Å². The second kappa shape index (κ2) is 5.89. The molecular formula is C14H12N4O5S. The number of nitrogens with zero attached hydrogens (tertiary/aromatic N) is 3. The minimum absolute atomic E-state index is 0.00586. The van der Waals surface area contributed by atoms with Crippen LogP contribution in [0.4, 0.5) is 6.01 Å². The molecule has 1 amide bonds. The Morgan fingerprint density at radius 1 is 1.21 bits per heavy atom. The van der Waals surface area contributed by atoms with Crippen molar-refractivity contribution in [2.24, 2.45) is 0 Å². The van der Waals surface area contributed by atoms with Crippen LogP contribution in [0, 0.1) is 6.92 Å². The first-order valence-electron chi connectivity index (χ1n) is 6.71. The SMILES string of the molecule is Cc1cc(C(=O)Nc2nnc(-c3cccc(S(C)(=O)=O)c3)o2)on1. The van der Waals surface area contributed by atoms with E-state index in [-0.39, 0.29) is 22.6 Å². The smallest absolute Gasteiger partial charge is 0.322 e. The molecule has 0 saturated carbocycles. The van der Waals surface area contributed by atoms with Gasteiger partial charge in [0.25, 0.3) is 5.91 Å². The molecule has 0 bridgehead atoms. The largest absolute Gasteiger partial charge is 0.403 e. The van der Waals surface area contributed by atoms with Gasteiger partial charge in [-0.15, -0.1) is 5.10 Å². The third-order valence-electron chi connectivity index (χ3n) is 3.01. The maximum Gasteiger partial charge on any atom is 0.322 e. The van der Waals surface area contributed by atoms with E-state index in [1.165, 1.54) is 18.2 Å². The third kappa shape index (κ3) is 3.33. The van der Waals surface area contributed by atoms with Crippen molar-refractivity contribution in [3.8, 4) is 11.5 Å². The van der Waals surface area contributed by atoms with E-state index >= 15 is 0 Å². The summed E-state index contributed by atoms with van der Waals surface area (Å²) in [7, 11) is -3.36. The molecule has 0 radical (unpaired) electrons. The zero-order valence-corrected chi connectivity index (χ0v) is 13.5. The Bertz CT molecular complexity index is 1010. The minimum atomic E-state index is -3.36. The van der Waals surface area contributed by atoms with Crippen molar-refractivity contribution in [2.75, 3.05) is 11.6 Å². The highest BCUT2D eigenvalue weighted by Gasteiger charge is 2.17. The Kier molecular flexibility index (Phi) is 3.89. The van der Waals surface area contributed by atoms with Crippen molar-refractivity contribution in [1.29, 1.82) is 0 Å². The molecule has 1 N–H and O–H groups in total. The number of carbonyl (C=O) groups excluding carboxylic acids is 1. The standard InChI is InChI=1S/C14H12N4O5S/c1-8-6-11(23-18-8)12(19)15-14-17-16-13(22-14)9-4-3-5-10(7-9)24(2,20)21/h3-7H,1-2H3,(H,15,17,19). The van der Waals surface area contributed by atoms with Gasteiger partial charge in [-0.1, -0.05) is 16.3 Å². The highest BCUT2D eigenvalue weighted by Crippen LogP contribution is 2.23. The molecule has 0 saturated heterocycles. The molecule has 10 heteroatoms. The molecule has 3 rings (SSSR count). The number of hydrogen-bond donors (Lipinski definition) is 1. The van der Waals surface area contributed by atoms with Crippen LogP contribution in [-0.2, 0) is 9.84 Å². The van der Waals surface area contributed by atoms with Gasteiger partial charge in [-0.3, -0.25) is 10.1 Å². The predicted molar refractivity (Wildman–Crippen MR) is 82.0 cm³/mol. The zero-order valence-electron chi connectivity index (χ0n) is 12.7. The summed E-state index contributed by atoms with van der Waals surface area (Å²) >= 11 is 0.